The van der Waals surface area contributed by atoms with Crippen LogP contribution in [-0.4, -0.2) is 37.9 Å². The van der Waals surface area contributed by atoms with Crippen molar-refractivity contribution in [3.63, 3.8) is 0 Å². The predicted molar refractivity (Wildman–Crippen MR) is 99.6 cm³/mol. The summed E-state index contributed by atoms with van der Waals surface area (Å²) in [7, 11) is -2.09. The van der Waals surface area contributed by atoms with Crippen LogP contribution >= 0.6 is 11.6 Å². The Morgan fingerprint density at radius 1 is 1.19 bits per heavy atom. The molecule has 0 atom stereocenters. The molecule has 1 aliphatic rings. The number of halogens is 1. The van der Waals surface area contributed by atoms with Gasteiger partial charge in [-0.05, 0) is 23.8 Å². The van der Waals surface area contributed by atoms with Crippen LogP contribution in [0, 0.1) is 0 Å². The van der Waals surface area contributed by atoms with Crippen molar-refractivity contribution in [3.8, 4) is 0 Å². The van der Waals surface area contributed by atoms with Crippen LogP contribution in [0.15, 0.2) is 48.5 Å². The van der Waals surface area contributed by atoms with Crippen LogP contribution in [0.5, 0.6) is 0 Å². The lowest BCUT2D eigenvalue weighted by Crippen LogP contribution is -2.30. The summed E-state index contributed by atoms with van der Waals surface area (Å²) in [6, 6.07) is 13.8. The van der Waals surface area contributed by atoms with Crippen LogP contribution in [-0.2, 0) is 21.4 Å². The molecule has 0 aliphatic carbocycles. The van der Waals surface area contributed by atoms with E-state index < -0.39 is 15.9 Å². The largest absolute Gasteiger partial charge is 0.337 e. The van der Waals surface area contributed by atoms with E-state index in [1.807, 2.05) is 30.3 Å². The number of hydrogen-bond acceptors (Lipinski definition) is 4. The Balaban J connectivity index is 1.90. The predicted octanol–water partition coefficient (Wildman–Crippen LogP) is 2.68. The maximum absolute atomic E-state index is 12.7. The number of sulfonamides is 1. The van der Waals surface area contributed by atoms with E-state index in [4.69, 9.17) is 11.6 Å². The highest BCUT2D eigenvalue weighted by molar-refractivity contribution is 7.94. The zero-order chi connectivity index (χ0) is 18.9. The van der Waals surface area contributed by atoms with Gasteiger partial charge in [-0.3, -0.25) is 9.59 Å². The third-order valence-corrected chi connectivity index (χ3v) is 6.10. The fourth-order valence-electron chi connectivity index (χ4n) is 2.80. The maximum atomic E-state index is 12.7. The quantitative estimate of drug-likeness (QED) is 0.801. The Morgan fingerprint density at radius 2 is 1.88 bits per heavy atom. The number of hydrogen-bond donors (Lipinski definition) is 0. The summed E-state index contributed by atoms with van der Waals surface area (Å²) in [5, 5.41) is 0.103. The molecular formula is C18H17ClN2O4S. The minimum Gasteiger partial charge on any atom is -0.337 e. The smallest absolute Gasteiger partial charge is 0.253 e. The van der Waals surface area contributed by atoms with E-state index >= 15 is 0 Å². The molecule has 0 bridgehead atoms. The molecule has 1 aliphatic heterocycles. The van der Waals surface area contributed by atoms with Crippen LogP contribution in [0.1, 0.15) is 22.3 Å². The van der Waals surface area contributed by atoms with E-state index in [2.05, 4.69) is 0 Å². The van der Waals surface area contributed by atoms with Crippen LogP contribution in [0.4, 0.5) is 5.69 Å². The highest BCUT2D eigenvalue weighted by Crippen LogP contribution is 2.33. The Hall–Kier alpha value is -2.38. The molecule has 3 rings (SSSR count). The standard InChI is InChI=1S/C18H17ClN2O4S/c1-20(12-13-5-3-2-4-6-13)18(23)14-7-8-15(19)16(11-14)21-17(22)9-10-26(21,24)25/h2-8,11H,9-10,12H2,1H3. The molecule has 2 amide bonds. The highest BCUT2D eigenvalue weighted by Gasteiger charge is 2.37. The van der Waals surface area contributed by atoms with Crippen molar-refractivity contribution in [1.82, 2.24) is 4.90 Å². The first-order chi connectivity index (χ1) is 12.3. The van der Waals surface area contributed by atoms with Gasteiger partial charge in [-0.15, -0.1) is 0 Å². The maximum Gasteiger partial charge on any atom is 0.253 e. The average Bonchev–Trinajstić information content (AvgIpc) is 2.88. The van der Waals surface area contributed by atoms with Crippen molar-refractivity contribution in [3.05, 3.63) is 64.7 Å². The summed E-state index contributed by atoms with van der Waals surface area (Å²) >= 11 is 6.10. The van der Waals surface area contributed by atoms with Gasteiger partial charge in [-0.1, -0.05) is 41.9 Å². The summed E-state index contributed by atoms with van der Waals surface area (Å²) in [5.74, 6) is -1.10. The van der Waals surface area contributed by atoms with E-state index in [1.54, 1.807) is 7.05 Å². The molecule has 2 aromatic carbocycles. The molecule has 26 heavy (non-hydrogen) atoms. The number of carbonyl (C=O) groups excluding carboxylic acids is 2. The monoisotopic (exact) mass is 392 g/mol. The Labute approximate surface area is 157 Å². The molecule has 6 nitrogen and oxygen atoms in total. The fraction of sp³-hybridized carbons (Fsp3) is 0.222. The first-order valence-corrected chi connectivity index (χ1v) is 9.93. The minimum atomic E-state index is -3.75. The fourth-order valence-corrected chi connectivity index (χ4v) is 4.52. The van der Waals surface area contributed by atoms with Crippen molar-refractivity contribution < 1.29 is 18.0 Å². The van der Waals surface area contributed by atoms with Crippen molar-refractivity contribution in [2.24, 2.45) is 0 Å². The molecule has 136 valence electrons. The number of amides is 2. The second-order valence-corrected chi connectivity index (χ2v) is 8.38. The summed E-state index contributed by atoms with van der Waals surface area (Å²) < 4.78 is 25.0. The van der Waals surface area contributed by atoms with Gasteiger partial charge in [0.2, 0.25) is 15.9 Å². The molecule has 8 heteroatoms. The van der Waals surface area contributed by atoms with Crippen LogP contribution < -0.4 is 4.31 Å². The lowest BCUT2D eigenvalue weighted by molar-refractivity contribution is -0.116. The van der Waals surface area contributed by atoms with E-state index in [-0.39, 0.29) is 34.4 Å². The number of rotatable bonds is 4. The van der Waals surface area contributed by atoms with Gasteiger partial charge in [-0.2, -0.15) is 0 Å². The number of nitrogens with zero attached hydrogens (tertiary/aromatic N) is 2. The highest BCUT2D eigenvalue weighted by atomic mass is 35.5. The molecule has 1 saturated heterocycles. The molecule has 1 heterocycles. The first kappa shape index (κ1) is 18.4. The van der Waals surface area contributed by atoms with E-state index in [9.17, 15) is 18.0 Å². The minimum absolute atomic E-state index is 0.0214. The Kier molecular flexibility index (Phi) is 5.02. The van der Waals surface area contributed by atoms with Gasteiger partial charge < -0.3 is 4.90 Å². The molecule has 0 unspecified atom stereocenters. The molecular weight excluding hydrogens is 376 g/mol. The zero-order valence-electron chi connectivity index (χ0n) is 14.1. The molecule has 1 fully saturated rings. The first-order valence-electron chi connectivity index (χ1n) is 7.94. The van der Waals surface area contributed by atoms with Gasteiger partial charge in [-0.25, -0.2) is 12.7 Å². The molecule has 0 N–H and O–H groups in total. The lowest BCUT2D eigenvalue weighted by atomic mass is 10.1. The average molecular weight is 393 g/mol. The zero-order valence-corrected chi connectivity index (χ0v) is 15.6. The van der Waals surface area contributed by atoms with Crippen molar-refractivity contribution in [2.75, 3.05) is 17.1 Å². The van der Waals surface area contributed by atoms with Crippen molar-refractivity contribution in [1.29, 1.82) is 0 Å². The Bertz CT molecular complexity index is 960. The molecule has 0 aromatic heterocycles. The second kappa shape index (κ2) is 7.09. The molecule has 0 saturated carbocycles. The summed E-state index contributed by atoms with van der Waals surface area (Å²) in [6.07, 6.45) is -0.0925. The van der Waals surface area contributed by atoms with Crippen molar-refractivity contribution in [2.45, 2.75) is 13.0 Å². The normalized spacial score (nSPS) is 15.9. The topological polar surface area (TPSA) is 74.8 Å². The summed E-state index contributed by atoms with van der Waals surface area (Å²) in [4.78, 5) is 26.2. The SMILES string of the molecule is CN(Cc1ccccc1)C(=O)c1ccc(Cl)c(N2C(=O)CCS2(=O)=O)c1. The van der Waals surface area contributed by atoms with Gasteiger partial charge in [0.25, 0.3) is 5.91 Å². The van der Waals surface area contributed by atoms with E-state index in [1.165, 1.54) is 23.1 Å². The van der Waals surface area contributed by atoms with Crippen LogP contribution in [0.25, 0.3) is 0 Å². The number of carbonyl (C=O) groups is 2. The van der Waals surface area contributed by atoms with Gasteiger partial charge in [0.1, 0.15) is 0 Å². The third kappa shape index (κ3) is 3.59. The lowest BCUT2D eigenvalue weighted by Gasteiger charge is -2.20. The van der Waals surface area contributed by atoms with Crippen LogP contribution in [0.3, 0.4) is 0 Å². The van der Waals surface area contributed by atoms with Gasteiger partial charge in [0.15, 0.2) is 0 Å². The van der Waals surface area contributed by atoms with Gasteiger partial charge in [0.05, 0.1) is 16.5 Å². The van der Waals surface area contributed by atoms with E-state index in [0.29, 0.717) is 10.8 Å². The van der Waals surface area contributed by atoms with E-state index in [0.717, 1.165) is 5.56 Å². The van der Waals surface area contributed by atoms with Gasteiger partial charge >= 0.3 is 0 Å². The summed E-state index contributed by atoms with van der Waals surface area (Å²) in [5.41, 5.74) is 1.25. The number of benzene rings is 2. The van der Waals surface area contributed by atoms with Gasteiger partial charge in [0, 0.05) is 25.6 Å². The van der Waals surface area contributed by atoms with Crippen molar-refractivity contribution >= 4 is 39.1 Å². The summed E-state index contributed by atoms with van der Waals surface area (Å²) in [6.45, 7) is 0.401. The second-order valence-electron chi connectivity index (χ2n) is 6.04. The number of anilines is 1. The Morgan fingerprint density at radius 3 is 2.50 bits per heavy atom. The third-order valence-electron chi connectivity index (χ3n) is 4.10. The molecule has 2 aromatic rings. The molecule has 0 radical (unpaired) electrons. The van der Waals surface area contributed by atoms with Crippen LogP contribution in [0.2, 0.25) is 5.02 Å². The molecule has 0 spiro atoms.